The van der Waals surface area contributed by atoms with Crippen LogP contribution in [-0.4, -0.2) is 36.4 Å². The van der Waals surface area contributed by atoms with Crippen molar-refractivity contribution in [1.29, 1.82) is 0 Å². The van der Waals surface area contributed by atoms with Crippen LogP contribution in [0.4, 0.5) is 0 Å². The van der Waals surface area contributed by atoms with Gasteiger partial charge in [-0.25, -0.2) is 8.42 Å². The van der Waals surface area contributed by atoms with Crippen LogP contribution in [0.3, 0.4) is 0 Å². The molecule has 1 rings (SSSR count). The van der Waals surface area contributed by atoms with Gasteiger partial charge in [-0.1, -0.05) is 12.1 Å². The molecule has 0 aliphatic heterocycles. The summed E-state index contributed by atoms with van der Waals surface area (Å²) in [6.45, 7) is 7.05. The molecule has 5 nitrogen and oxygen atoms in total. The minimum atomic E-state index is -3.17. The van der Waals surface area contributed by atoms with Gasteiger partial charge in [-0.05, 0) is 57.0 Å². The third kappa shape index (κ3) is 4.74. The molecule has 0 saturated carbocycles. The van der Waals surface area contributed by atoms with Gasteiger partial charge in [-0.3, -0.25) is 0 Å². The molecular weight excluding hydrogens is 290 g/mol. The molecule has 1 aromatic rings. The van der Waals surface area contributed by atoms with Crippen LogP contribution >= 0.6 is 0 Å². The van der Waals surface area contributed by atoms with Crippen LogP contribution < -0.4 is 4.74 Å². The summed E-state index contributed by atoms with van der Waals surface area (Å²) in [5.74, 6) is 0.576. The largest absolute Gasteiger partial charge is 0.493 e. The van der Waals surface area contributed by atoms with Gasteiger partial charge < -0.3 is 9.94 Å². The van der Waals surface area contributed by atoms with Crippen molar-refractivity contribution < 1.29 is 18.4 Å². The second-order valence-corrected chi connectivity index (χ2v) is 8.57. The zero-order valence-electron chi connectivity index (χ0n) is 13.0. The Balaban J connectivity index is 2.63. The van der Waals surface area contributed by atoms with E-state index in [1.807, 2.05) is 6.92 Å². The van der Waals surface area contributed by atoms with E-state index in [1.165, 1.54) is 0 Å². The number of rotatable bonds is 6. The summed E-state index contributed by atoms with van der Waals surface area (Å²) >= 11 is 0. The van der Waals surface area contributed by atoms with Gasteiger partial charge in [0.1, 0.15) is 12.4 Å². The van der Waals surface area contributed by atoms with E-state index in [2.05, 4.69) is 5.16 Å². The molecule has 0 atom stereocenters. The number of oxime groups is 1. The number of sulfone groups is 1. The Morgan fingerprint density at radius 2 is 1.81 bits per heavy atom. The summed E-state index contributed by atoms with van der Waals surface area (Å²) in [7, 11) is -3.17. The van der Waals surface area contributed by atoms with Crippen LogP contribution in [0.15, 0.2) is 29.4 Å². The molecule has 1 aromatic carbocycles. The molecule has 0 aromatic heterocycles. The Kier molecular flexibility index (Phi) is 5.78. The minimum absolute atomic E-state index is 0.0173. The molecule has 0 bridgehead atoms. The molecule has 0 saturated heterocycles. The first-order valence-corrected chi connectivity index (χ1v) is 8.53. The molecule has 118 valence electrons. The maximum absolute atomic E-state index is 11.9. The van der Waals surface area contributed by atoms with Crippen LogP contribution in [0.1, 0.15) is 39.7 Å². The zero-order valence-corrected chi connectivity index (χ0v) is 13.8. The minimum Gasteiger partial charge on any atom is -0.493 e. The van der Waals surface area contributed by atoms with Crippen LogP contribution in [0.25, 0.3) is 0 Å². The van der Waals surface area contributed by atoms with E-state index >= 15 is 0 Å². The van der Waals surface area contributed by atoms with Crippen LogP contribution in [0.2, 0.25) is 0 Å². The van der Waals surface area contributed by atoms with E-state index in [0.29, 0.717) is 17.9 Å². The van der Waals surface area contributed by atoms with E-state index in [0.717, 1.165) is 5.56 Å². The lowest BCUT2D eigenvalue weighted by molar-refractivity contribution is 0.318. The predicted octanol–water partition coefficient (Wildman–Crippen LogP) is 2.87. The van der Waals surface area contributed by atoms with Crippen LogP contribution in [0.5, 0.6) is 5.75 Å². The van der Waals surface area contributed by atoms with Gasteiger partial charge in [0.2, 0.25) is 0 Å². The van der Waals surface area contributed by atoms with Crippen LogP contribution in [-0.2, 0) is 9.84 Å². The molecular formula is C15H23NO4S. The predicted molar refractivity (Wildman–Crippen MR) is 84.1 cm³/mol. The molecule has 0 radical (unpaired) electrons. The molecule has 1 N–H and O–H groups in total. The maximum Gasteiger partial charge on any atom is 0.158 e. The maximum atomic E-state index is 11.9. The molecule has 0 heterocycles. The normalized spacial score (nSPS) is 13.2. The molecule has 0 aliphatic carbocycles. The highest BCUT2D eigenvalue weighted by Gasteiger charge is 2.28. The summed E-state index contributed by atoms with van der Waals surface area (Å²) in [5.41, 5.74) is 1.41. The van der Waals surface area contributed by atoms with Gasteiger partial charge in [0.15, 0.2) is 9.84 Å². The summed E-state index contributed by atoms with van der Waals surface area (Å²) in [5, 5.41) is 12.1. The van der Waals surface area contributed by atoms with Gasteiger partial charge >= 0.3 is 0 Å². The number of ether oxygens (including phenoxy) is 1. The second-order valence-electron chi connectivity index (χ2n) is 5.70. The third-order valence-corrected chi connectivity index (χ3v) is 5.77. The van der Waals surface area contributed by atoms with Gasteiger partial charge in [0, 0.05) is 0 Å². The van der Waals surface area contributed by atoms with E-state index in [4.69, 9.17) is 9.94 Å². The van der Waals surface area contributed by atoms with E-state index < -0.39 is 14.6 Å². The fraction of sp³-hybridized carbons (Fsp3) is 0.533. The lowest BCUT2D eigenvalue weighted by atomic mass is 10.1. The first kappa shape index (κ1) is 17.5. The molecule has 0 unspecified atom stereocenters. The molecule has 6 heteroatoms. The lowest BCUT2D eigenvalue weighted by Crippen LogP contribution is -2.32. The highest BCUT2D eigenvalue weighted by molar-refractivity contribution is 7.92. The van der Waals surface area contributed by atoms with Crippen molar-refractivity contribution >= 4 is 15.5 Å². The highest BCUT2D eigenvalue weighted by Crippen LogP contribution is 2.17. The molecule has 0 fully saturated rings. The van der Waals surface area contributed by atoms with E-state index in [1.54, 1.807) is 45.0 Å². The van der Waals surface area contributed by atoms with Gasteiger partial charge in [0.05, 0.1) is 16.2 Å². The average Bonchev–Trinajstić information content (AvgIpc) is 2.40. The Morgan fingerprint density at radius 3 is 2.24 bits per heavy atom. The Morgan fingerprint density at radius 1 is 1.24 bits per heavy atom. The number of nitrogens with zero attached hydrogens (tertiary/aromatic N) is 1. The van der Waals surface area contributed by atoms with Crippen molar-refractivity contribution in [2.45, 2.75) is 38.9 Å². The van der Waals surface area contributed by atoms with Gasteiger partial charge in [-0.2, -0.15) is 0 Å². The average molecular weight is 313 g/mol. The van der Waals surface area contributed by atoms with E-state index in [-0.39, 0.29) is 12.4 Å². The number of hydrogen-bond acceptors (Lipinski definition) is 5. The first-order chi connectivity index (χ1) is 9.71. The molecule has 0 spiro atoms. The Hall–Kier alpha value is -1.56. The SMILES string of the molecule is CC/C(=N/O)c1ccc(OCCS(=O)(=O)C(C)(C)C)cc1. The topological polar surface area (TPSA) is 76.0 Å². The fourth-order valence-corrected chi connectivity index (χ4v) is 2.57. The Bertz CT molecular complexity index is 583. The lowest BCUT2D eigenvalue weighted by Gasteiger charge is -2.19. The summed E-state index contributed by atoms with van der Waals surface area (Å²) < 4.78 is 28.6. The molecule has 0 aliphatic rings. The van der Waals surface area contributed by atoms with E-state index in [9.17, 15) is 8.42 Å². The van der Waals surface area contributed by atoms with Gasteiger partial charge in [0.25, 0.3) is 0 Å². The van der Waals surface area contributed by atoms with Crippen molar-refractivity contribution in [2.75, 3.05) is 12.4 Å². The third-order valence-electron chi connectivity index (χ3n) is 3.20. The summed E-state index contributed by atoms with van der Waals surface area (Å²) in [6.07, 6.45) is 0.626. The van der Waals surface area contributed by atoms with Crippen molar-refractivity contribution in [3.8, 4) is 5.75 Å². The first-order valence-electron chi connectivity index (χ1n) is 6.87. The van der Waals surface area contributed by atoms with Crippen LogP contribution in [0, 0.1) is 0 Å². The second kappa shape index (κ2) is 6.93. The van der Waals surface area contributed by atoms with Crippen molar-refractivity contribution in [2.24, 2.45) is 5.16 Å². The standard InChI is InChI=1S/C15H23NO4S/c1-5-14(16-17)12-6-8-13(9-7-12)20-10-11-21(18,19)15(2,3)4/h6-9,17H,5,10-11H2,1-4H3/b16-14-. The number of benzene rings is 1. The van der Waals surface area contributed by atoms with Gasteiger partial charge in [-0.15, -0.1) is 0 Å². The molecule has 21 heavy (non-hydrogen) atoms. The smallest absolute Gasteiger partial charge is 0.158 e. The Labute approximate surface area is 126 Å². The zero-order chi connectivity index (χ0) is 16.1. The van der Waals surface area contributed by atoms with Crippen molar-refractivity contribution in [3.05, 3.63) is 29.8 Å². The highest BCUT2D eigenvalue weighted by atomic mass is 32.2. The summed E-state index contributed by atoms with van der Waals surface area (Å²) in [4.78, 5) is 0. The monoisotopic (exact) mass is 313 g/mol. The van der Waals surface area contributed by atoms with Crippen molar-refractivity contribution in [1.82, 2.24) is 0 Å². The number of hydrogen-bond donors (Lipinski definition) is 1. The molecule has 0 amide bonds. The quantitative estimate of drug-likeness (QED) is 0.498. The summed E-state index contributed by atoms with van der Waals surface area (Å²) in [6, 6.07) is 7.04. The fourth-order valence-electron chi connectivity index (χ4n) is 1.65. The van der Waals surface area contributed by atoms with Crippen molar-refractivity contribution in [3.63, 3.8) is 0 Å².